The molecule has 0 heterocycles. The molecule has 0 bridgehead atoms. The number of hydrogen-bond donors (Lipinski definition) is 1. The quantitative estimate of drug-likeness (QED) is 0.805. The molecule has 0 aliphatic carbocycles. The second kappa shape index (κ2) is 7.31. The van der Waals surface area contributed by atoms with Crippen LogP contribution in [0.1, 0.15) is 11.1 Å². The summed E-state index contributed by atoms with van der Waals surface area (Å²) in [6.07, 6.45) is -4.32. The van der Waals surface area contributed by atoms with Crippen molar-refractivity contribution in [1.82, 2.24) is 4.72 Å². The lowest BCUT2D eigenvalue weighted by Crippen LogP contribution is -2.26. The van der Waals surface area contributed by atoms with E-state index in [2.05, 4.69) is 4.72 Å². The van der Waals surface area contributed by atoms with Crippen LogP contribution in [0.15, 0.2) is 47.4 Å². The number of halogens is 5. The highest BCUT2D eigenvalue weighted by Gasteiger charge is 2.30. The van der Waals surface area contributed by atoms with E-state index in [1.807, 2.05) is 0 Å². The lowest BCUT2D eigenvalue weighted by Gasteiger charge is -2.10. The van der Waals surface area contributed by atoms with Gasteiger partial charge in [-0.05, 0) is 36.2 Å². The van der Waals surface area contributed by atoms with Crippen molar-refractivity contribution in [2.24, 2.45) is 0 Å². The average Bonchev–Trinajstić information content (AvgIpc) is 2.49. The Morgan fingerprint density at radius 3 is 2.33 bits per heavy atom. The van der Waals surface area contributed by atoms with E-state index in [0.29, 0.717) is 5.56 Å². The highest BCUT2D eigenvalue weighted by molar-refractivity contribution is 7.89. The smallest absolute Gasteiger partial charge is 0.211 e. The van der Waals surface area contributed by atoms with Crippen molar-refractivity contribution >= 4 is 33.2 Å². The van der Waals surface area contributed by atoms with Crippen molar-refractivity contribution in [3.63, 3.8) is 0 Å². The number of nitrogens with one attached hydrogen (secondary N) is 1. The van der Waals surface area contributed by atoms with Gasteiger partial charge in [-0.3, -0.25) is 0 Å². The van der Waals surface area contributed by atoms with Crippen LogP contribution >= 0.6 is 23.2 Å². The van der Waals surface area contributed by atoms with E-state index in [4.69, 9.17) is 23.2 Å². The van der Waals surface area contributed by atoms with Crippen LogP contribution in [-0.4, -0.2) is 15.0 Å². The number of sulfonamides is 1. The predicted octanol–water partition coefficient (Wildman–Crippen LogP) is 4.53. The summed E-state index contributed by atoms with van der Waals surface area (Å²) in [5.74, 6) is 0. The fourth-order valence-electron chi connectivity index (χ4n) is 1.96. The molecule has 0 aliphatic rings. The molecule has 24 heavy (non-hydrogen) atoms. The molecule has 0 atom stereocenters. The zero-order valence-corrected chi connectivity index (χ0v) is 14.4. The van der Waals surface area contributed by atoms with Gasteiger partial charge in [-0.15, -0.1) is 0 Å². The Bertz CT molecular complexity index is 839. The molecular formula is C15H12Cl2F3NO2S. The molecule has 0 aliphatic heterocycles. The van der Waals surface area contributed by atoms with Crippen molar-refractivity contribution in [2.45, 2.75) is 17.5 Å². The molecular weight excluding hydrogens is 386 g/mol. The molecule has 0 radical (unpaired) electrons. The van der Waals surface area contributed by atoms with Gasteiger partial charge in [0.25, 0.3) is 0 Å². The topological polar surface area (TPSA) is 46.2 Å². The number of rotatable bonds is 5. The summed E-state index contributed by atoms with van der Waals surface area (Å²) in [7, 11) is -3.82. The van der Waals surface area contributed by atoms with Gasteiger partial charge in [0.2, 0.25) is 10.0 Å². The summed E-state index contributed by atoms with van der Waals surface area (Å²) in [6.45, 7) is -0.0517. The van der Waals surface area contributed by atoms with Crippen LogP contribution in [0.4, 0.5) is 13.2 Å². The van der Waals surface area contributed by atoms with E-state index in [1.165, 1.54) is 30.3 Å². The number of hydrogen-bond acceptors (Lipinski definition) is 2. The Hall–Kier alpha value is -1.28. The van der Waals surface area contributed by atoms with Crippen LogP contribution in [0, 0.1) is 0 Å². The minimum Gasteiger partial charge on any atom is -0.211 e. The lowest BCUT2D eigenvalue weighted by atomic mass is 10.1. The highest BCUT2D eigenvalue weighted by Crippen LogP contribution is 2.29. The van der Waals surface area contributed by atoms with Gasteiger partial charge in [-0.25, -0.2) is 13.1 Å². The van der Waals surface area contributed by atoms with Gasteiger partial charge in [-0.1, -0.05) is 41.4 Å². The SMILES string of the molecule is O=S(=O)(NCCc1cccc(C(F)(F)F)c1)c1ccc(Cl)c(Cl)c1. The van der Waals surface area contributed by atoms with E-state index in [1.54, 1.807) is 0 Å². The summed E-state index contributed by atoms with van der Waals surface area (Å²) in [6, 6.07) is 8.59. The van der Waals surface area contributed by atoms with Crippen LogP contribution in [-0.2, 0) is 22.6 Å². The Morgan fingerprint density at radius 2 is 1.71 bits per heavy atom. The molecule has 0 saturated heterocycles. The lowest BCUT2D eigenvalue weighted by molar-refractivity contribution is -0.137. The minimum absolute atomic E-state index is 0.0517. The normalized spacial score (nSPS) is 12.4. The summed E-state index contributed by atoms with van der Waals surface area (Å²) in [5, 5.41) is 0.317. The summed E-state index contributed by atoms with van der Waals surface area (Å²) >= 11 is 11.5. The maximum Gasteiger partial charge on any atom is 0.416 e. The summed E-state index contributed by atoms with van der Waals surface area (Å²) in [5.41, 5.74) is -0.394. The molecule has 2 rings (SSSR count). The Kier molecular flexibility index (Phi) is 5.80. The maximum absolute atomic E-state index is 12.6. The second-order valence-electron chi connectivity index (χ2n) is 4.92. The van der Waals surface area contributed by atoms with Crippen molar-refractivity contribution in [3.05, 3.63) is 63.6 Å². The average molecular weight is 398 g/mol. The van der Waals surface area contributed by atoms with E-state index in [9.17, 15) is 21.6 Å². The Morgan fingerprint density at radius 1 is 1.00 bits per heavy atom. The van der Waals surface area contributed by atoms with Gasteiger partial charge in [0.05, 0.1) is 20.5 Å². The molecule has 0 aromatic heterocycles. The first-order valence-electron chi connectivity index (χ1n) is 6.70. The third-order valence-corrected chi connectivity index (χ3v) is 5.36. The third-order valence-electron chi connectivity index (χ3n) is 3.16. The van der Waals surface area contributed by atoms with E-state index >= 15 is 0 Å². The molecule has 130 valence electrons. The first-order valence-corrected chi connectivity index (χ1v) is 8.94. The molecule has 1 N–H and O–H groups in total. The molecule has 0 saturated carbocycles. The molecule has 0 amide bonds. The molecule has 2 aromatic rings. The second-order valence-corrected chi connectivity index (χ2v) is 7.50. The Labute approximate surface area is 147 Å². The largest absolute Gasteiger partial charge is 0.416 e. The minimum atomic E-state index is -4.43. The monoisotopic (exact) mass is 397 g/mol. The van der Waals surface area contributed by atoms with Crippen molar-refractivity contribution in [1.29, 1.82) is 0 Å². The van der Waals surface area contributed by atoms with Gasteiger partial charge in [0, 0.05) is 6.54 Å². The van der Waals surface area contributed by atoms with Crippen molar-refractivity contribution in [2.75, 3.05) is 6.54 Å². The fourth-order valence-corrected chi connectivity index (χ4v) is 3.38. The van der Waals surface area contributed by atoms with Crippen LogP contribution in [0.25, 0.3) is 0 Å². The zero-order chi connectivity index (χ0) is 18.0. The van der Waals surface area contributed by atoms with Gasteiger partial charge in [-0.2, -0.15) is 13.2 Å². The van der Waals surface area contributed by atoms with Crippen molar-refractivity contribution < 1.29 is 21.6 Å². The van der Waals surface area contributed by atoms with E-state index in [-0.39, 0.29) is 27.9 Å². The summed E-state index contributed by atoms with van der Waals surface area (Å²) < 4.78 is 64.5. The number of alkyl halides is 3. The van der Waals surface area contributed by atoms with Gasteiger partial charge < -0.3 is 0 Å². The van der Waals surface area contributed by atoms with Crippen molar-refractivity contribution in [3.8, 4) is 0 Å². The molecule has 0 unspecified atom stereocenters. The van der Waals surface area contributed by atoms with Crippen LogP contribution in [0.3, 0.4) is 0 Å². The van der Waals surface area contributed by atoms with Crippen LogP contribution in [0.5, 0.6) is 0 Å². The molecule has 2 aromatic carbocycles. The maximum atomic E-state index is 12.6. The highest BCUT2D eigenvalue weighted by atomic mass is 35.5. The van der Waals surface area contributed by atoms with Gasteiger partial charge in [0.15, 0.2) is 0 Å². The first kappa shape index (κ1) is 19.1. The molecule has 9 heteroatoms. The number of benzene rings is 2. The molecule has 3 nitrogen and oxygen atoms in total. The fraction of sp³-hybridized carbons (Fsp3) is 0.200. The van der Waals surface area contributed by atoms with Gasteiger partial charge >= 0.3 is 6.18 Å². The third kappa shape index (κ3) is 4.86. The summed E-state index contributed by atoms with van der Waals surface area (Å²) in [4.78, 5) is -0.0686. The van der Waals surface area contributed by atoms with E-state index < -0.39 is 21.8 Å². The van der Waals surface area contributed by atoms with Crippen LogP contribution < -0.4 is 4.72 Å². The first-order chi connectivity index (χ1) is 11.1. The standard InChI is InChI=1S/C15H12Cl2F3NO2S/c16-13-5-4-12(9-14(13)17)24(22,23)21-7-6-10-2-1-3-11(8-10)15(18,19)20/h1-5,8-9,21H,6-7H2. The van der Waals surface area contributed by atoms with Crippen LogP contribution in [0.2, 0.25) is 10.0 Å². The Balaban J connectivity index is 2.04. The molecule has 0 spiro atoms. The predicted molar refractivity (Wildman–Crippen MR) is 86.8 cm³/mol. The zero-order valence-electron chi connectivity index (χ0n) is 12.1. The van der Waals surface area contributed by atoms with Gasteiger partial charge in [0.1, 0.15) is 0 Å². The molecule has 0 fully saturated rings. The van der Waals surface area contributed by atoms with E-state index in [0.717, 1.165) is 12.1 Å².